The molecule has 0 saturated carbocycles. The van der Waals surface area contributed by atoms with Gasteiger partial charge in [0.05, 0.1) is 5.25 Å². The fourth-order valence-corrected chi connectivity index (χ4v) is 3.69. The van der Waals surface area contributed by atoms with Gasteiger partial charge in [0.25, 0.3) is 5.22 Å². The van der Waals surface area contributed by atoms with Gasteiger partial charge in [0.15, 0.2) is 5.78 Å². The second-order valence-corrected chi connectivity index (χ2v) is 6.56. The van der Waals surface area contributed by atoms with Gasteiger partial charge in [-0.2, -0.15) is 0 Å². The number of thioether (sulfide) groups is 1. The lowest BCUT2D eigenvalue weighted by atomic mass is 9.90. The van der Waals surface area contributed by atoms with Crippen molar-refractivity contribution in [3.8, 4) is 11.5 Å². The minimum atomic E-state index is -0.158. The molecule has 1 aliphatic carbocycles. The number of hydrogen-bond acceptors (Lipinski definition) is 5. The van der Waals surface area contributed by atoms with Gasteiger partial charge in [-0.25, -0.2) is 0 Å². The molecule has 0 fully saturated rings. The molecule has 0 radical (unpaired) electrons. The first kappa shape index (κ1) is 14.2. The van der Waals surface area contributed by atoms with E-state index in [0.29, 0.717) is 11.1 Å². The topological polar surface area (TPSA) is 56.0 Å². The summed E-state index contributed by atoms with van der Waals surface area (Å²) in [5.74, 6) is 0.632. The number of hydrogen-bond donors (Lipinski definition) is 0. The fourth-order valence-electron chi connectivity index (χ4n) is 2.76. The Hall–Kier alpha value is -2.40. The maximum Gasteiger partial charge on any atom is 0.277 e. The number of carbonyl (C=O) groups is 1. The molecule has 4 nitrogen and oxygen atoms in total. The molecule has 0 saturated heterocycles. The molecule has 0 spiro atoms. The summed E-state index contributed by atoms with van der Waals surface area (Å²) in [4.78, 5) is 12.6. The Morgan fingerprint density at radius 3 is 2.65 bits per heavy atom. The highest BCUT2D eigenvalue weighted by molar-refractivity contribution is 8.00. The van der Waals surface area contributed by atoms with E-state index in [1.54, 1.807) is 0 Å². The summed E-state index contributed by atoms with van der Waals surface area (Å²) < 4.78 is 5.70. The normalized spacial score (nSPS) is 17.0. The number of carbonyl (C=O) groups excluding carboxylic acids is 1. The van der Waals surface area contributed by atoms with Crippen LogP contribution in [0.5, 0.6) is 0 Å². The molecule has 4 rings (SSSR count). The van der Waals surface area contributed by atoms with E-state index in [1.165, 1.54) is 11.8 Å². The van der Waals surface area contributed by atoms with Gasteiger partial charge in [0.2, 0.25) is 5.89 Å². The zero-order valence-corrected chi connectivity index (χ0v) is 13.1. The number of aromatic nitrogens is 2. The fraction of sp³-hybridized carbons (Fsp3) is 0.167. The standard InChI is InChI=1S/C18H14N2O2S/c21-16-14-9-5-4-6-12(14)10-11-15(16)23-18-20-19-17(22-18)13-7-2-1-3-8-13/h1-9,15H,10-11H2/t15-/m1/s1. The van der Waals surface area contributed by atoms with Gasteiger partial charge in [-0.3, -0.25) is 4.79 Å². The average molecular weight is 322 g/mol. The Morgan fingerprint density at radius 2 is 1.78 bits per heavy atom. The summed E-state index contributed by atoms with van der Waals surface area (Å²) in [6.07, 6.45) is 1.70. The van der Waals surface area contributed by atoms with Crippen molar-refractivity contribution in [2.75, 3.05) is 0 Å². The Bertz CT molecular complexity index is 845. The van der Waals surface area contributed by atoms with Crippen molar-refractivity contribution in [2.45, 2.75) is 23.3 Å². The summed E-state index contributed by atoms with van der Waals surface area (Å²) in [6.45, 7) is 0. The number of rotatable bonds is 3. The van der Waals surface area contributed by atoms with Crippen LogP contribution in [-0.4, -0.2) is 21.2 Å². The summed E-state index contributed by atoms with van der Waals surface area (Å²) in [5, 5.41) is 8.43. The first-order chi connectivity index (χ1) is 11.3. The third-order valence-corrected chi connectivity index (χ3v) is 5.02. The average Bonchev–Trinajstić information content (AvgIpc) is 3.07. The van der Waals surface area contributed by atoms with Crippen molar-refractivity contribution < 1.29 is 9.21 Å². The van der Waals surface area contributed by atoms with Crippen LogP contribution in [-0.2, 0) is 6.42 Å². The largest absolute Gasteiger partial charge is 0.411 e. The van der Waals surface area contributed by atoms with Crippen LogP contribution in [0.25, 0.3) is 11.5 Å². The van der Waals surface area contributed by atoms with Gasteiger partial charge >= 0.3 is 0 Å². The van der Waals surface area contributed by atoms with E-state index in [4.69, 9.17) is 4.42 Å². The predicted octanol–water partition coefficient (Wildman–Crippen LogP) is 4.03. The van der Waals surface area contributed by atoms with Gasteiger partial charge in [0, 0.05) is 11.1 Å². The number of nitrogens with zero attached hydrogens (tertiary/aromatic N) is 2. The van der Waals surface area contributed by atoms with E-state index in [0.717, 1.165) is 29.5 Å². The van der Waals surface area contributed by atoms with Crippen molar-refractivity contribution in [2.24, 2.45) is 0 Å². The van der Waals surface area contributed by atoms with Crippen molar-refractivity contribution in [3.63, 3.8) is 0 Å². The van der Waals surface area contributed by atoms with E-state index in [-0.39, 0.29) is 11.0 Å². The van der Waals surface area contributed by atoms with E-state index in [2.05, 4.69) is 10.2 Å². The molecular weight excluding hydrogens is 308 g/mol. The molecule has 114 valence electrons. The zero-order chi connectivity index (χ0) is 15.6. The Kier molecular flexibility index (Phi) is 3.71. The lowest BCUT2D eigenvalue weighted by Gasteiger charge is -2.21. The second kappa shape index (κ2) is 6.01. The van der Waals surface area contributed by atoms with E-state index < -0.39 is 0 Å². The van der Waals surface area contributed by atoms with Crippen molar-refractivity contribution in [1.29, 1.82) is 0 Å². The minimum absolute atomic E-state index is 0.149. The van der Waals surface area contributed by atoms with E-state index >= 15 is 0 Å². The molecule has 5 heteroatoms. The molecule has 0 bridgehead atoms. The van der Waals surface area contributed by atoms with Gasteiger partial charge in [-0.15, -0.1) is 10.2 Å². The highest BCUT2D eigenvalue weighted by Gasteiger charge is 2.29. The monoisotopic (exact) mass is 322 g/mol. The molecule has 0 N–H and O–H groups in total. The molecule has 1 heterocycles. The van der Waals surface area contributed by atoms with Crippen LogP contribution in [0.1, 0.15) is 22.3 Å². The number of aryl methyl sites for hydroxylation is 1. The molecule has 23 heavy (non-hydrogen) atoms. The third kappa shape index (κ3) is 2.80. The van der Waals surface area contributed by atoms with E-state index in [9.17, 15) is 4.79 Å². The zero-order valence-electron chi connectivity index (χ0n) is 12.3. The number of fused-ring (bicyclic) bond motifs is 1. The molecule has 3 aromatic rings. The van der Waals surface area contributed by atoms with Crippen LogP contribution in [0, 0.1) is 0 Å². The van der Waals surface area contributed by atoms with Gasteiger partial charge < -0.3 is 4.42 Å². The van der Waals surface area contributed by atoms with Crippen molar-refractivity contribution in [1.82, 2.24) is 10.2 Å². The molecule has 1 aliphatic rings. The molecule has 0 aliphatic heterocycles. The third-order valence-electron chi connectivity index (χ3n) is 3.92. The lowest BCUT2D eigenvalue weighted by molar-refractivity contribution is 0.0979. The molecule has 0 unspecified atom stereocenters. The number of benzene rings is 2. The van der Waals surface area contributed by atoms with Crippen LogP contribution in [0.2, 0.25) is 0 Å². The SMILES string of the molecule is O=C1c2ccccc2CC[C@H]1Sc1nnc(-c2ccccc2)o1. The summed E-state index contributed by atoms with van der Waals surface area (Å²) >= 11 is 1.36. The second-order valence-electron chi connectivity index (χ2n) is 5.41. The summed E-state index contributed by atoms with van der Waals surface area (Å²) in [7, 11) is 0. The van der Waals surface area contributed by atoms with Crippen LogP contribution < -0.4 is 0 Å². The summed E-state index contributed by atoms with van der Waals surface area (Å²) in [6, 6.07) is 17.4. The number of Topliss-reactive ketones (excluding diaryl/α,β-unsaturated/α-hetero) is 1. The van der Waals surface area contributed by atoms with Gasteiger partial charge in [-0.1, -0.05) is 54.2 Å². The first-order valence-corrected chi connectivity index (χ1v) is 8.37. The first-order valence-electron chi connectivity index (χ1n) is 7.49. The Morgan fingerprint density at radius 1 is 1.00 bits per heavy atom. The maximum atomic E-state index is 12.6. The van der Waals surface area contributed by atoms with Crippen LogP contribution >= 0.6 is 11.8 Å². The van der Waals surface area contributed by atoms with Gasteiger partial charge in [0.1, 0.15) is 0 Å². The maximum absolute atomic E-state index is 12.6. The molecule has 1 aromatic heterocycles. The van der Waals surface area contributed by atoms with Crippen LogP contribution in [0.15, 0.2) is 64.2 Å². The lowest BCUT2D eigenvalue weighted by Crippen LogP contribution is -2.24. The molecule has 1 atom stereocenters. The van der Waals surface area contributed by atoms with Gasteiger partial charge in [-0.05, 0) is 30.5 Å². The predicted molar refractivity (Wildman–Crippen MR) is 88.5 cm³/mol. The quantitative estimate of drug-likeness (QED) is 0.729. The minimum Gasteiger partial charge on any atom is -0.411 e. The van der Waals surface area contributed by atoms with E-state index in [1.807, 2.05) is 54.6 Å². The Balaban J connectivity index is 1.54. The van der Waals surface area contributed by atoms with Crippen LogP contribution in [0.3, 0.4) is 0 Å². The van der Waals surface area contributed by atoms with Crippen LogP contribution in [0.4, 0.5) is 0 Å². The molecule has 0 amide bonds. The number of ketones is 1. The summed E-state index contributed by atoms with van der Waals surface area (Å²) in [5.41, 5.74) is 2.83. The van der Waals surface area contributed by atoms with Crippen molar-refractivity contribution >= 4 is 17.5 Å². The Labute approximate surface area is 137 Å². The smallest absolute Gasteiger partial charge is 0.277 e. The highest BCUT2D eigenvalue weighted by Crippen LogP contribution is 2.33. The highest BCUT2D eigenvalue weighted by atomic mass is 32.2. The molecule has 2 aromatic carbocycles. The van der Waals surface area contributed by atoms with Crippen molar-refractivity contribution in [3.05, 3.63) is 65.7 Å². The molecular formula is C18H14N2O2S.